The number of benzene rings is 2. The van der Waals surface area contributed by atoms with Gasteiger partial charge in [0, 0.05) is 17.0 Å². The first-order valence-electron chi connectivity index (χ1n) is 6.50. The molecular formula is C16H15ClF2O2. The lowest BCUT2D eigenvalue weighted by molar-refractivity contribution is 0.0467. The van der Waals surface area contributed by atoms with Gasteiger partial charge in [-0.05, 0) is 37.3 Å². The summed E-state index contributed by atoms with van der Waals surface area (Å²) < 4.78 is 32.6. The van der Waals surface area contributed by atoms with Gasteiger partial charge in [-0.25, -0.2) is 8.78 Å². The molecule has 0 spiro atoms. The number of hydrogen-bond donors (Lipinski definition) is 1. The fourth-order valence-electron chi connectivity index (χ4n) is 1.94. The van der Waals surface area contributed by atoms with Gasteiger partial charge in [-0.3, -0.25) is 0 Å². The molecule has 0 heterocycles. The molecule has 0 aliphatic heterocycles. The monoisotopic (exact) mass is 312 g/mol. The maximum atomic E-state index is 13.5. The zero-order valence-corrected chi connectivity index (χ0v) is 12.1. The molecule has 1 N–H and O–H groups in total. The minimum atomic E-state index is -1.05. The number of aliphatic hydroxyl groups excluding tert-OH is 1. The van der Waals surface area contributed by atoms with E-state index in [1.165, 1.54) is 6.07 Å². The third kappa shape index (κ3) is 4.16. The Morgan fingerprint density at radius 2 is 1.76 bits per heavy atom. The molecule has 2 aromatic rings. The van der Waals surface area contributed by atoms with Gasteiger partial charge in [0.1, 0.15) is 23.5 Å². The second kappa shape index (κ2) is 6.87. The molecule has 0 aliphatic carbocycles. The van der Waals surface area contributed by atoms with Crippen molar-refractivity contribution >= 4 is 11.6 Å². The Balaban J connectivity index is 2.04. The van der Waals surface area contributed by atoms with Gasteiger partial charge >= 0.3 is 0 Å². The minimum Gasteiger partial charge on any atom is -0.488 e. The Labute approximate surface area is 126 Å². The van der Waals surface area contributed by atoms with Gasteiger partial charge in [0.2, 0.25) is 0 Å². The topological polar surface area (TPSA) is 29.5 Å². The summed E-state index contributed by atoms with van der Waals surface area (Å²) in [4.78, 5) is 0. The van der Waals surface area contributed by atoms with E-state index in [0.717, 1.165) is 12.1 Å². The SMILES string of the molecule is CC(Oc1cccc(Cl)c1)C(O)Cc1c(F)cccc1F. The van der Waals surface area contributed by atoms with E-state index in [0.29, 0.717) is 10.8 Å². The molecule has 0 aromatic heterocycles. The van der Waals surface area contributed by atoms with E-state index in [4.69, 9.17) is 16.3 Å². The van der Waals surface area contributed by atoms with Crippen LogP contribution in [-0.4, -0.2) is 17.3 Å². The number of ether oxygens (including phenoxy) is 1. The molecule has 0 amide bonds. The average Bonchev–Trinajstić information content (AvgIpc) is 2.43. The Morgan fingerprint density at radius 1 is 1.14 bits per heavy atom. The van der Waals surface area contributed by atoms with Crippen molar-refractivity contribution in [1.29, 1.82) is 0 Å². The van der Waals surface area contributed by atoms with Gasteiger partial charge in [-0.1, -0.05) is 23.7 Å². The van der Waals surface area contributed by atoms with Crippen molar-refractivity contribution in [2.24, 2.45) is 0 Å². The molecule has 2 aromatic carbocycles. The molecule has 2 rings (SSSR count). The Hall–Kier alpha value is -1.65. The molecular weight excluding hydrogens is 298 g/mol. The molecule has 0 saturated heterocycles. The largest absolute Gasteiger partial charge is 0.488 e. The van der Waals surface area contributed by atoms with Crippen molar-refractivity contribution < 1.29 is 18.6 Å². The van der Waals surface area contributed by atoms with Crippen LogP contribution >= 0.6 is 11.6 Å². The van der Waals surface area contributed by atoms with Crippen LogP contribution in [0.1, 0.15) is 12.5 Å². The molecule has 2 atom stereocenters. The molecule has 112 valence electrons. The van der Waals surface area contributed by atoms with Gasteiger partial charge in [0.15, 0.2) is 0 Å². The highest BCUT2D eigenvalue weighted by Crippen LogP contribution is 2.21. The van der Waals surface area contributed by atoms with E-state index in [1.807, 2.05) is 0 Å². The summed E-state index contributed by atoms with van der Waals surface area (Å²) in [6.45, 7) is 1.63. The molecule has 0 radical (unpaired) electrons. The predicted octanol–water partition coefficient (Wildman–Crippen LogP) is 3.99. The van der Waals surface area contributed by atoms with E-state index in [2.05, 4.69) is 0 Å². The van der Waals surface area contributed by atoms with Gasteiger partial charge in [-0.2, -0.15) is 0 Å². The first-order valence-corrected chi connectivity index (χ1v) is 6.88. The summed E-state index contributed by atoms with van der Waals surface area (Å²) in [6.07, 6.45) is -1.85. The normalized spacial score (nSPS) is 13.8. The Bertz CT molecular complexity index is 599. The summed E-state index contributed by atoms with van der Waals surface area (Å²) in [7, 11) is 0. The van der Waals surface area contributed by atoms with Gasteiger partial charge in [0.25, 0.3) is 0 Å². The van der Waals surface area contributed by atoms with Crippen LogP contribution in [0.3, 0.4) is 0 Å². The third-order valence-electron chi connectivity index (χ3n) is 3.13. The van der Waals surface area contributed by atoms with Gasteiger partial charge < -0.3 is 9.84 Å². The van der Waals surface area contributed by atoms with E-state index in [-0.39, 0.29) is 12.0 Å². The molecule has 5 heteroatoms. The second-order valence-electron chi connectivity index (χ2n) is 4.75. The molecule has 0 aliphatic rings. The first kappa shape index (κ1) is 15.7. The maximum Gasteiger partial charge on any atom is 0.129 e. The van der Waals surface area contributed by atoms with Crippen LogP contribution in [-0.2, 0) is 6.42 Å². The summed E-state index contributed by atoms with van der Waals surface area (Å²) in [6, 6.07) is 10.3. The van der Waals surface area contributed by atoms with Crippen LogP contribution in [0.4, 0.5) is 8.78 Å². The van der Waals surface area contributed by atoms with Crippen molar-refractivity contribution in [3.05, 3.63) is 64.7 Å². The van der Waals surface area contributed by atoms with Crippen LogP contribution < -0.4 is 4.74 Å². The highest BCUT2D eigenvalue weighted by atomic mass is 35.5. The zero-order valence-electron chi connectivity index (χ0n) is 11.4. The van der Waals surface area contributed by atoms with Crippen molar-refractivity contribution in [3.8, 4) is 5.75 Å². The fraction of sp³-hybridized carbons (Fsp3) is 0.250. The molecule has 21 heavy (non-hydrogen) atoms. The van der Waals surface area contributed by atoms with E-state index >= 15 is 0 Å². The fourth-order valence-corrected chi connectivity index (χ4v) is 2.12. The zero-order chi connectivity index (χ0) is 15.4. The summed E-state index contributed by atoms with van der Waals surface area (Å²) >= 11 is 5.84. The minimum absolute atomic E-state index is 0.147. The lowest BCUT2D eigenvalue weighted by Gasteiger charge is -2.21. The van der Waals surface area contributed by atoms with E-state index < -0.39 is 23.8 Å². The maximum absolute atomic E-state index is 13.5. The van der Waals surface area contributed by atoms with E-state index in [9.17, 15) is 13.9 Å². The van der Waals surface area contributed by atoms with Crippen molar-refractivity contribution in [2.75, 3.05) is 0 Å². The number of hydrogen-bond acceptors (Lipinski definition) is 2. The average molecular weight is 313 g/mol. The van der Waals surface area contributed by atoms with Gasteiger partial charge in [-0.15, -0.1) is 0 Å². The molecule has 2 unspecified atom stereocenters. The predicted molar refractivity (Wildman–Crippen MR) is 77.6 cm³/mol. The molecule has 0 bridgehead atoms. The van der Waals surface area contributed by atoms with Crippen molar-refractivity contribution in [2.45, 2.75) is 25.6 Å². The highest BCUT2D eigenvalue weighted by molar-refractivity contribution is 6.30. The van der Waals surface area contributed by atoms with Crippen LogP contribution in [0.2, 0.25) is 5.02 Å². The second-order valence-corrected chi connectivity index (χ2v) is 5.19. The lowest BCUT2D eigenvalue weighted by Crippen LogP contribution is -2.31. The number of halogens is 3. The molecule has 2 nitrogen and oxygen atoms in total. The number of rotatable bonds is 5. The summed E-state index contributed by atoms with van der Waals surface area (Å²) in [5, 5.41) is 10.6. The van der Waals surface area contributed by atoms with Crippen LogP contribution in [0.5, 0.6) is 5.75 Å². The lowest BCUT2D eigenvalue weighted by atomic mass is 10.0. The highest BCUT2D eigenvalue weighted by Gasteiger charge is 2.20. The van der Waals surface area contributed by atoms with E-state index in [1.54, 1.807) is 31.2 Å². The smallest absolute Gasteiger partial charge is 0.129 e. The summed E-state index contributed by atoms with van der Waals surface area (Å²) in [5.41, 5.74) is -0.147. The van der Waals surface area contributed by atoms with Crippen molar-refractivity contribution in [3.63, 3.8) is 0 Å². The standard InChI is InChI=1S/C16H15ClF2O2/c1-10(21-12-5-2-4-11(17)8-12)16(20)9-13-14(18)6-3-7-15(13)19/h2-8,10,16,20H,9H2,1H3. The Morgan fingerprint density at radius 3 is 2.38 bits per heavy atom. The van der Waals surface area contributed by atoms with Crippen LogP contribution in [0.25, 0.3) is 0 Å². The quantitative estimate of drug-likeness (QED) is 0.904. The molecule has 0 fully saturated rings. The third-order valence-corrected chi connectivity index (χ3v) is 3.37. The number of aliphatic hydroxyl groups is 1. The first-order chi connectivity index (χ1) is 9.97. The van der Waals surface area contributed by atoms with Crippen molar-refractivity contribution in [1.82, 2.24) is 0 Å². The molecule has 0 saturated carbocycles. The van der Waals surface area contributed by atoms with Crippen LogP contribution in [0, 0.1) is 11.6 Å². The van der Waals surface area contributed by atoms with Gasteiger partial charge in [0.05, 0.1) is 6.10 Å². The summed E-state index contributed by atoms with van der Waals surface area (Å²) in [5.74, 6) is -0.865. The Kier molecular flexibility index (Phi) is 5.15. The van der Waals surface area contributed by atoms with Crippen LogP contribution in [0.15, 0.2) is 42.5 Å².